The first-order valence-electron chi connectivity index (χ1n) is 9.21. The van der Waals surface area contributed by atoms with Gasteiger partial charge >= 0.3 is 0 Å². The Balaban J connectivity index is 1.60. The zero-order valence-corrected chi connectivity index (χ0v) is 17.0. The maximum atomic E-state index is 12.8. The van der Waals surface area contributed by atoms with E-state index in [9.17, 15) is 4.79 Å². The largest absolute Gasteiger partial charge is 0.467 e. The van der Waals surface area contributed by atoms with Gasteiger partial charge in [0.2, 0.25) is 0 Å². The number of rotatable bonds is 7. The van der Waals surface area contributed by atoms with Crippen LogP contribution in [0, 0.1) is 13.8 Å². The van der Waals surface area contributed by atoms with Gasteiger partial charge in [0.15, 0.2) is 16.8 Å². The highest BCUT2D eigenvalue weighted by atomic mass is 32.2. The number of hydrogen-bond donors (Lipinski definition) is 0. The normalized spacial score (nSPS) is 11.0. The predicted molar refractivity (Wildman–Crippen MR) is 112 cm³/mol. The van der Waals surface area contributed by atoms with Gasteiger partial charge in [-0.25, -0.2) is 0 Å². The van der Waals surface area contributed by atoms with Crippen molar-refractivity contribution in [1.29, 1.82) is 0 Å². The Morgan fingerprint density at radius 2 is 2.03 bits per heavy atom. The molecule has 0 amide bonds. The molecule has 0 saturated carbocycles. The van der Waals surface area contributed by atoms with Crippen LogP contribution in [0.4, 0.5) is 0 Å². The summed E-state index contributed by atoms with van der Waals surface area (Å²) >= 11 is 1.38. The molecule has 0 bridgehead atoms. The van der Waals surface area contributed by atoms with Crippen LogP contribution in [0.5, 0.6) is 0 Å². The first kappa shape index (κ1) is 19.1. The Labute approximate surface area is 173 Å². The molecule has 7 heteroatoms. The summed E-state index contributed by atoms with van der Waals surface area (Å²) in [6, 6.07) is 13.5. The third-order valence-corrected chi connectivity index (χ3v) is 5.52. The van der Waals surface area contributed by atoms with Gasteiger partial charge in [-0.3, -0.25) is 14.3 Å². The van der Waals surface area contributed by atoms with Crippen LogP contribution >= 0.6 is 11.8 Å². The van der Waals surface area contributed by atoms with Gasteiger partial charge in [0.1, 0.15) is 5.76 Å². The molecule has 6 nitrogen and oxygen atoms in total. The Hall–Kier alpha value is -3.19. The number of ketones is 1. The van der Waals surface area contributed by atoms with Gasteiger partial charge in [0, 0.05) is 23.5 Å². The van der Waals surface area contributed by atoms with Crippen molar-refractivity contribution in [2.75, 3.05) is 5.75 Å². The summed E-state index contributed by atoms with van der Waals surface area (Å²) in [5.41, 5.74) is 3.67. The lowest BCUT2D eigenvalue weighted by Crippen LogP contribution is -2.08. The third kappa shape index (κ3) is 4.30. The van der Waals surface area contributed by atoms with E-state index in [1.807, 2.05) is 60.9 Å². The monoisotopic (exact) mass is 404 g/mol. The smallest absolute Gasteiger partial charge is 0.192 e. The van der Waals surface area contributed by atoms with E-state index in [0.717, 1.165) is 28.0 Å². The minimum Gasteiger partial charge on any atom is -0.467 e. The number of thioether (sulfide) groups is 1. The number of aryl methyl sites for hydroxylation is 2. The number of hydrogen-bond acceptors (Lipinski definition) is 6. The summed E-state index contributed by atoms with van der Waals surface area (Å²) in [5.74, 6) is 1.84. The fourth-order valence-corrected chi connectivity index (χ4v) is 3.87. The number of furan rings is 1. The van der Waals surface area contributed by atoms with E-state index in [-0.39, 0.29) is 11.5 Å². The van der Waals surface area contributed by atoms with Crippen LogP contribution < -0.4 is 0 Å². The molecule has 1 aromatic carbocycles. The maximum absolute atomic E-state index is 12.8. The van der Waals surface area contributed by atoms with Gasteiger partial charge in [0.05, 0.1) is 18.6 Å². The van der Waals surface area contributed by atoms with E-state index in [1.54, 1.807) is 18.7 Å². The molecule has 0 spiro atoms. The number of benzene rings is 1. The molecule has 0 saturated heterocycles. The molecule has 4 rings (SSSR count). The van der Waals surface area contributed by atoms with Crippen LogP contribution in [0.3, 0.4) is 0 Å². The van der Waals surface area contributed by atoms with Gasteiger partial charge in [-0.05, 0) is 49.7 Å². The Morgan fingerprint density at radius 1 is 1.14 bits per heavy atom. The molecule has 0 radical (unpaired) electrons. The molecule has 3 aromatic heterocycles. The van der Waals surface area contributed by atoms with Gasteiger partial charge in [0.25, 0.3) is 0 Å². The number of aromatic nitrogens is 4. The molecule has 4 aromatic rings. The molecule has 29 heavy (non-hydrogen) atoms. The van der Waals surface area contributed by atoms with Crippen LogP contribution in [0.25, 0.3) is 11.4 Å². The lowest BCUT2D eigenvalue weighted by molar-refractivity contribution is 0.102. The van der Waals surface area contributed by atoms with Crippen LogP contribution in [0.15, 0.2) is 70.7 Å². The lowest BCUT2D eigenvalue weighted by Gasteiger charge is -2.09. The van der Waals surface area contributed by atoms with Crippen LogP contribution in [-0.4, -0.2) is 31.3 Å². The van der Waals surface area contributed by atoms with E-state index in [2.05, 4.69) is 15.2 Å². The highest BCUT2D eigenvalue weighted by molar-refractivity contribution is 7.99. The summed E-state index contributed by atoms with van der Waals surface area (Å²) in [7, 11) is 0. The van der Waals surface area contributed by atoms with Gasteiger partial charge < -0.3 is 4.42 Å². The molecule has 0 unspecified atom stereocenters. The molecule has 0 N–H and O–H groups in total. The van der Waals surface area contributed by atoms with Crippen LogP contribution in [0.2, 0.25) is 0 Å². The van der Waals surface area contributed by atoms with Gasteiger partial charge in [-0.15, -0.1) is 10.2 Å². The second-order valence-electron chi connectivity index (χ2n) is 6.74. The SMILES string of the molecule is Cc1ccc(C)c(C(=O)CSc2nnc(-c3cccnc3)n2Cc2ccco2)c1. The summed E-state index contributed by atoms with van der Waals surface area (Å²) < 4.78 is 7.46. The molecule has 0 atom stereocenters. The van der Waals surface area contributed by atoms with Crippen molar-refractivity contribution in [2.24, 2.45) is 0 Å². The van der Waals surface area contributed by atoms with Gasteiger partial charge in [-0.2, -0.15) is 0 Å². The zero-order valence-electron chi connectivity index (χ0n) is 16.2. The van der Waals surface area contributed by atoms with E-state index >= 15 is 0 Å². The minimum atomic E-state index is 0.0756. The minimum absolute atomic E-state index is 0.0756. The average molecular weight is 404 g/mol. The first-order valence-corrected chi connectivity index (χ1v) is 10.2. The number of nitrogens with zero attached hydrogens (tertiary/aromatic N) is 4. The van der Waals surface area contributed by atoms with Crippen molar-refractivity contribution in [3.05, 3.63) is 83.6 Å². The molecule has 146 valence electrons. The number of carbonyl (C=O) groups is 1. The predicted octanol–water partition coefficient (Wildman–Crippen LogP) is 4.57. The molecule has 3 heterocycles. The standard InChI is InChI=1S/C22H20N4O2S/c1-15-7-8-16(2)19(11-15)20(27)14-29-22-25-24-21(17-5-3-9-23-12-17)26(22)13-18-6-4-10-28-18/h3-12H,13-14H2,1-2H3. The number of pyridine rings is 1. The summed E-state index contributed by atoms with van der Waals surface area (Å²) in [5, 5.41) is 9.35. The first-order chi connectivity index (χ1) is 14.1. The lowest BCUT2D eigenvalue weighted by atomic mass is 10.0. The topological polar surface area (TPSA) is 73.8 Å². The molecular weight excluding hydrogens is 384 g/mol. The maximum Gasteiger partial charge on any atom is 0.192 e. The summed E-state index contributed by atoms with van der Waals surface area (Å²) in [6.45, 7) is 4.42. The van der Waals surface area contributed by atoms with Crippen molar-refractivity contribution in [2.45, 2.75) is 25.5 Å². The van der Waals surface area contributed by atoms with Crippen LogP contribution in [0.1, 0.15) is 27.2 Å². The molecule has 0 aliphatic rings. The second kappa shape index (κ2) is 8.45. The zero-order chi connectivity index (χ0) is 20.2. The highest BCUT2D eigenvalue weighted by Crippen LogP contribution is 2.26. The molecule has 0 fully saturated rings. The summed E-state index contributed by atoms with van der Waals surface area (Å²) in [4.78, 5) is 17.0. The quantitative estimate of drug-likeness (QED) is 0.332. The van der Waals surface area contributed by atoms with Gasteiger partial charge in [-0.1, -0.05) is 29.5 Å². The van der Waals surface area contributed by atoms with Crippen molar-refractivity contribution in [3.8, 4) is 11.4 Å². The molecule has 0 aliphatic carbocycles. The Morgan fingerprint density at radius 3 is 2.79 bits per heavy atom. The Bertz CT molecular complexity index is 1120. The third-order valence-electron chi connectivity index (χ3n) is 4.56. The highest BCUT2D eigenvalue weighted by Gasteiger charge is 2.18. The van der Waals surface area contributed by atoms with E-state index in [1.165, 1.54) is 11.8 Å². The number of carbonyl (C=O) groups excluding carboxylic acids is 1. The van der Waals surface area contributed by atoms with E-state index in [4.69, 9.17) is 4.42 Å². The Kier molecular flexibility index (Phi) is 5.57. The van der Waals surface area contributed by atoms with Crippen molar-refractivity contribution in [3.63, 3.8) is 0 Å². The second-order valence-corrected chi connectivity index (χ2v) is 7.69. The number of Topliss-reactive ketones (excluding diaryl/α,β-unsaturated/α-hetero) is 1. The van der Waals surface area contributed by atoms with E-state index < -0.39 is 0 Å². The summed E-state index contributed by atoms with van der Waals surface area (Å²) in [6.07, 6.45) is 5.11. The fourth-order valence-electron chi connectivity index (χ4n) is 3.05. The van der Waals surface area contributed by atoms with Crippen molar-refractivity contribution < 1.29 is 9.21 Å². The van der Waals surface area contributed by atoms with E-state index in [0.29, 0.717) is 17.5 Å². The molecule has 0 aliphatic heterocycles. The van der Waals surface area contributed by atoms with Crippen molar-refractivity contribution >= 4 is 17.5 Å². The molecular formula is C22H20N4O2S. The van der Waals surface area contributed by atoms with Crippen LogP contribution in [-0.2, 0) is 6.54 Å². The average Bonchev–Trinajstić information content (AvgIpc) is 3.39. The van der Waals surface area contributed by atoms with Crippen molar-refractivity contribution in [1.82, 2.24) is 19.7 Å². The fraction of sp³-hybridized carbons (Fsp3) is 0.182.